The Hall–Kier alpha value is -0.690. The lowest BCUT2D eigenvalue weighted by atomic mass is 10.1. The summed E-state index contributed by atoms with van der Waals surface area (Å²) in [6.07, 6.45) is 0.704. The van der Waals surface area contributed by atoms with E-state index in [-0.39, 0.29) is 23.3 Å². The summed E-state index contributed by atoms with van der Waals surface area (Å²) in [4.78, 5) is 11.8. The number of ether oxygens (including phenoxy) is 1. The first kappa shape index (κ1) is 12.8. The maximum Gasteiger partial charge on any atom is 0.230 e. The van der Waals surface area contributed by atoms with E-state index in [9.17, 15) is 9.18 Å². The molecule has 1 aromatic carbocycles. The molecule has 1 atom stereocenters. The van der Waals surface area contributed by atoms with E-state index in [0.29, 0.717) is 23.2 Å². The van der Waals surface area contributed by atoms with Crippen LogP contribution in [0, 0.1) is 22.2 Å². The van der Waals surface area contributed by atoms with Gasteiger partial charge in [0, 0.05) is 10.2 Å². The molecule has 0 unspecified atom stereocenters. The molecule has 1 aliphatic rings. The summed E-state index contributed by atoms with van der Waals surface area (Å²) in [6.45, 7) is 2.85. The number of carbonyl (C=O) groups is 1. The van der Waals surface area contributed by atoms with E-state index in [4.69, 9.17) is 4.74 Å². The van der Waals surface area contributed by atoms with E-state index in [2.05, 4.69) is 5.32 Å². The van der Waals surface area contributed by atoms with Crippen molar-refractivity contribution >= 4 is 34.2 Å². The standard InChI is InChI=1S/C12H13FINO2/c1-7-4-9(13)11(10(14)5-7)15-12(16)8-2-3-17-6-8/h4-5,8H,2-3,6H2,1H3,(H,15,16)/t8-/m1/s1. The van der Waals surface area contributed by atoms with Gasteiger partial charge in [0.05, 0.1) is 18.2 Å². The molecule has 92 valence electrons. The average molecular weight is 349 g/mol. The van der Waals surface area contributed by atoms with Gasteiger partial charge in [0.25, 0.3) is 0 Å². The first-order valence-corrected chi connectivity index (χ1v) is 6.50. The second kappa shape index (κ2) is 5.30. The number of anilines is 1. The Bertz CT molecular complexity index is 421. The molecule has 0 saturated carbocycles. The van der Waals surface area contributed by atoms with Gasteiger partial charge in [-0.05, 0) is 53.6 Å². The Morgan fingerprint density at radius 3 is 2.94 bits per heavy atom. The Morgan fingerprint density at radius 1 is 1.59 bits per heavy atom. The van der Waals surface area contributed by atoms with Crippen LogP contribution in [-0.4, -0.2) is 19.1 Å². The van der Waals surface area contributed by atoms with Crippen LogP contribution in [0.5, 0.6) is 0 Å². The van der Waals surface area contributed by atoms with Crippen molar-refractivity contribution in [2.75, 3.05) is 18.5 Å². The van der Waals surface area contributed by atoms with Gasteiger partial charge in [0.1, 0.15) is 5.82 Å². The van der Waals surface area contributed by atoms with Crippen molar-refractivity contribution in [1.29, 1.82) is 0 Å². The third-order valence-corrected chi connectivity index (χ3v) is 3.59. The fraction of sp³-hybridized carbons (Fsp3) is 0.417. The lowest BCUT2D eigenvalue weighted by Crippen LogP contribution is -2.24. The molecular formula is C12H13FINO2. The van der Waals surface area contributed by atoms with Gasteiger partial charge >= 0.3 is 0 Å². The van der Waals surface area contributed by atoms with Gasteiger partial charge < -0.3 is 10.1 Å². The molecule has 5 heteroatoms. The van der Waals surface area contributed by atoms with Crippen LogP contribution in [0.15, 0.2) is 12.1 Å². The lowest BCUT2D eigenvalue weighted by molar-refractivity contribution is -0.119. The summed E-state index contributed by atoms with van der Waals surface area (Å²) in [6, 6.07) is 3.26. The minimum absolute atomic E-state index is 0.161. The molecule has 1 aromatic rings. The number of hydrogen-bond acceptors (Lipinski definition) is 2. The van der Waals surface area contributed by atoms with Crippen LogP contribution < -0.4 is 5.32 Å². The molecule has 0 radical (unpaired) electrons. The molecule has 1 saturated heterocycles. The number of rotatable bonds is 2. The van der Waals surface area contributed by atoms with Gasteiger partial charge in [0.15, 0.2) is 0 Å². The molecule has 1 heterocycles. The van der Waals surface area contributed by atoms with Crippen molar-refractivity contribution in [2.24, 2.45) is 5.92 Å². The van der Waals surface area contributed by atoms with Crippen LogP contribution in [0.4, 0.5) is 10.1 Å². The van der Waals surface area contributed by atoms with Gasteiger partial charge in [-0.3, -0.25) is 4.79 Å². The van der Waals surface area contributed by atoms with Crippen LogP contribution in [-0.2, 0) is 9.53 Å². The SMILES string of the molecule is Cc1cc(F)c(NC(=O)[C@@H]2CCOC2)c(I)c1. The Kier molecular flexibility index (Phi) is 3.98. The summed E-state index contributed by atoms with van der Waals surface area (Å²) >= 11 is 2.02. The van der Waals surface area contributed by atoms with Crippen LogP contribution in [0.3, 0.4) is 0 Å². The molecule has 0 bridgehead atoms. The van der Waals surface area contributed by atoms with Gasteiger partial charge in [-0.2, -0.15) is 0 Å². The molecule has 0 aromatic heterocycles. The summed E-state index contributed by atoms with van der Waals surface area (Å²) in [5.41, 5.74) is 1.11. The van der Waals surface area contributed by atoms with Crippen LogP contribution in [0.2, 0.25) is 0 Å². The lowest BCUT2D eigenvalue weighted by Gasteiger charge is -2.12. The highest BCUT2D eigenvalue weighted by atomic mass is 127. The molecule has 1 fully saturated rings. The fourth-order valence-electron chi connectivity index (χ4n) is 1.79. The highest BCUT2D eigenvalue weighted by Crippen LogP contribution is 2.25. The summed E-state index contributed by atoms with van der Waals surface area (Å²) in [5.74, 6) is -0.712. The summed E-state index contributed by atoms with van der Waals surface area (Å²) in [5, 5.41) is 2.65. The fourth-order valence-corrected chi connectivity index (χ4v) is 2.67. The van der Waals surface area contributed by atoms with Gasteiger partial charge in [-0.1, -0.05) is 0 Å². The number of nitrogens with one attached hydrogen (secondary N) is 1. The minimum atomic E-state index is -0.387. The monoisotopic (exact) mass is 349 g/mol. The maximum absolute atomic E-state index is 13.7. The number of amides is 1. The third kappa shape index (κ3) is 2.95. The molecule has 1 aliphatic heterocycles. The second-order valence-electron chi connectivity index (χ2n) is 4.15. The Morgan fingerprint density at radius 2 is 2.35 bits per heavy atom. The first-order chi connectivity index (χ1) is 8.08. The quantitative estimate of drug-likeness (QED) is 0.834. The highest BCUT2D eigenvalue weighted by Gasteiger charge is 2.24. The zero-order valence-electron chi connectivity index (χ0n) is 9.43. The maximum atomic E-state index is 13.7. The Labute approximate surface area is 113 Å². The Balaban J connectivity index is 2.15. The highest BCUT2D eigenvalue weighted by molar-refractivity contribution is 14.1. The zero-order valence-corrected chi connectivity index (χ0v) is 11.6. The number of aryl methyl sites for hydroxylation is 1. The van der Waals surface area contributed by atoms with E-state index < -0.39 is 0 Å². The van der Waals surface area contributed by atoms with Crippen molar-refractivity contribution < 1.29 is 13.9 Å². The summed E-state index contributed by atoms with van der Waals surface area (Å²) < 4.78 is 19.6. The normalized spacial score (nSPS) is 19.4. The van der Waals surface area contributed by atoms with E-state index in [0.717, 1.165) is 5.56 Å². The number of halogens is 2. The first-order valence-electron chi connectivity index (χ1n) is 5.42. The molecule has 2 rings (SSSR count). The van der Waals surface area contributed by atoms with E-state index in [1.165, 1.54) is 6.07 Å². The predicted octanol–water partition coefficient (Wildman–Crippen LogP) is 2.71. The van der Waals surface area contributed by atoms with Crippen molar-refractivity contribution in [2.45, 2.75) is 13.3 Å². The number of benzene rings is 1. The van der Waals surface area contributed by atoms with Crippen LogP contribution >= 0.6 is 22.6 Å². The molecular weight excluding hydrogens is 336 g/mol. The molecule has 3 nitrogen and oxygen atoms in total. The topological polar surface area (TPSA) is 38.3 Å². The van der Waals surface area contributed by atoms with E-state index in [1.54, 1.807) is 0 Å². The second-order valence-corrected chi connectivity index (χ2v) is 5.32. The van der Waals surface area contributed by atoms with Gasteiger partial charge in [-0.25, -0.2) is 4.39 Å². The molecule has 1 amide bonds. The number of carbonyl (C=O) groups excluding carboxylic acids is 1. The molecule has 1 N–H and O–H groups in total. The van der Waals surface area contributed by atoms with Crippen molar-refractivity contribution in [1.82, 2.24) is 0 Å². The smallest absolute Gasteiger partial charge is 0.230 e. The van der Waals surface area contributed by atoms with Crippen LogP contribution in [0.25, 0.3) is 0 Å². The van der Waals surface area contributed by atoms with Crippen molar-refractivity contribution in [3.05, 3.63) is 27.1 Å². The molecule has 0 spiro atoms. The minimum Gasteiger partial charge on any atom is -0.381 e. The van der Waals surface area contributed by atoms with Gasteiger partial charge in [-0.15, -0.1) is 0 Å². The molecule has 17 heavy (non-hydrogen) atoms. The van der Waals surface area contributed by atoms with Gasteiger partial charge in [0.2, 0.25) is 5.91 Å². The van der Waals surface area contributed by atoms with Crippen molar-refractivity contribution in [3.8, 4) is 0 Å². The van der Waals surface area contributed by atoms with E-state index >= 15 is 0 Å². The number of hydrogen-bond donors (Lipinski definition) is 1. The zero-order chi connectivity index (χ0) is 12.4. The third-order valence-electron chi connectivity index (χ3n) is 2.74. The summed E-state index contributed by atoms with van der Waals surface area (Å²) in [7, 11) is 0. The largest absolute Gasteiger partial charge is 0.381 e. The molecule has 0 aliphatic carbocycles. The average Bonchev–Trinajstić information content (AvgIpc) is 2.76. The van der Waals surface area contributed by atoms with Crippen molar-refractivity contribution in [3.63, 3.8) is 0 Å². The van der Waals surface area contributed by atoms with E-state index in [1.807, 2.05) is 35.6 Å². The predicted molar refractivity (Wildman–Crippen MR) is 71.4 cm³/mol. The van der Waals surface area contributed by atoms with Crippen LogP contribution in [0.1, 0.15) is 12.0 Å².